The van der Waals surface area contributed by atoms with E-state index < -0.39 is 0 Å². The van der Waals surface area contributed by atoms with Crippen molar-refractivity contribution in [2.24, 2.45) is 0 Å². The van der Waals surface area contributed by atoms with E-state index in [0.717, 1.165) is 44.4 Å². The first-order chi connectivity index (χ1) is 9.35. The molecule has 2 unspecified atom stereocenters. The van der Waals surface area contributed by atoms with Gasteiger partial charge in [-0.25, -0.2) is 0 Å². The van der Waals surface area contributed by atoms with Gasteiger partial charge in [-0.3, -0.25) is 4.90 Å². The fraction of sp³-hybridized carbons (Fsp3) is 1.00. The van der Waals surface area contributed by atoms with Crippen LogP contribution in [0.3, 0.4) is 0 Å². The Bertz CT molecular complexity index is 233. The summed E-state index contributed by atoms with van der Waals surface area (Å²) in [5.41, 5.74) is 0. The molecule has 112 valence electrons. The molecule has 2 fully saturated rings. The minimum absolute atomic E-state index is 0.762. The van der Waals surface area contributed by atoms with Gasteiger partial charge >= 0.3 is 0 Å². The molecule has 0 saturated carbocycles. The number of nitrogens with zero attached hydrogens (tertiary/aromatic N) is 1. The predicted molar refractivity (Wildman–Crippen MR) is 80.6 cm³/mol. The zero-order chi connectivity index (χ0) is 13.5. The minimum Gasteiger partial charge on any atom is -0.380 e. The van der Waals surface area contributed by atoms with Crippen LogP contribution in [-0.4, -0.2) is 49.3 Å². The summed E-state index contributed by atoms with van der Waals surface area (Å²) in [5, 5.41) is 3.66. The van der Waals surface area contributed by atoms with Gasteiger partial charge in [0.2, 0.25) is 0 Å². The lowest BCUT2D eigenvalue weighted by atomic mass is 9.82. The predicted octanol–water partition coefficient (Wildman–Crippen LogP) is 2.80. The van der Waals surface area contributed by atoms with Gasteiger partial charge in [0.1, 0.15) is 0 Å². The van der Waals surface area contributed by atoms with Gasteiger partial charge in [0.15, 0.2) is 0 Å². The van der Waals surface area contributed by atoms with E-state index in [1.807, 2.05) is 0 Å². The van der Waals surface area contributed by atoms with Crippen LogP contribution in [0, 0.1) is 0 Å². The summed E-state index contributed by atoms with van der Waals surface area (Å²) in [6.45, 7) is 8.59. The van der Waals surface area contributed by atoms with E-state index >= 15 is 0 Å². The molecular weight excluding hydrogens is 236 g/mol. The van der Waals surface area contributed by atoms with Gasteiger partial charge in [0.05, 0.1) is 6.61 Å². The number of ether oxygens (including phenoxy) is 1. The second kappa shape index (κ2) is 8.23. The minimum atomic E-state index is 0.762. The van der Waals surface area contributed by atoms with Crippen molar-refractivity contribution in [3.63, 3.8) is 0 Å². The van der Waals surface area contributed by atoms with Crippen molar-refractivity contribution in [1.29, 1.82) is 0 Å². The number of hydrogen-bond donors (Lipinski definition) is 1. The van der Waals surface area contributed by atoms with Gasteiger partial charge in [0.25, 0.3) is 0 Å². The lowest BCUT2D eigenvalue weighted by Gasteiger charge is -2.49. The molecular formula is C16H32N2O. The maximum absolute atomic E-state index is 5.76. The molecule has 0 radical (unpaired) electrons. The third-order valence-corrected chi connectivity index (χ3v) is 4.75. The molecule has 2 heterocycles. The fourth-order valence-corrected chi connectivity index (χ4v) is 3.82. The van der Waals surface area contributed by atoms with Crippen LogP contribution in [0.25, 0.3) is 0 Å². The maximum Gasteiger partial charge on any atom is 0.0593 e. The van der Waals surface area contributed by atoms with Crippen molar-refractivity contribution in [1.82, 2.24) is 10.2 Å². The van der Waals surface area contributed by atoms with Gasteiger partial charge in [-0.15, -0.1) is 0 Å². The van der Waals surface area contributed by atoms with E-state index in [9.17, 15) is 0 Å². The van der Waals surface area contributed by atoms with E-state index in [1.165, 1.54) is 44.9 Å². The van der Waals surface area contributed by atoms with E-state index in [-0.39, 0.29) is 0 Å². The van der Waals surface area contributed by atoms with Gasteiger partial charge < -0.3 is 10.1 Å². The Kier molecular flexibility index (Phi) is 6.62. The molecule has 2 rings (SSSR count). The van der Waals surface area contributed by atoms with E-state index in [2.05, 4.69) is 24.1 Å². The second-order valence-electron chi connectivity index (χ2n) is 6.17. The van der Waals surface area contributed by atoms with Crippen LogP contribution in [0.1, 0.15) is 58.8 Å². The Balaban J connectivity index is 1.74. The Morgan fingerprint density at radius 1 is 1.11 bits per heavy atom. The average molecular weight is 268 g/mol. The van der Waals surface area contributed by atoms with Gasteiger partial charge in [-0.05, 0) is 38.6 Å². The smallest absolute Gasteiger partial charge is 0.0593 e. The first-order valence-corrected chi connectivity index (χ1v) is 8.42. The molecule has 2 aliphatic rings. The Morgan fingerprint density at radius 2 is 1.84 bits per heavy atom. The topological polar surface area (TPSA) is 24.5 Å². The number of rotatable bonds is 8. The van der Waals surface area contributed by atoms with Crippen LogP contribution in [0.5, 0.6) is 0 Å². The number of nitrogens with one attached hydrogen (secondary N) is 1. The molecule has 0 amide bonds. The Morgan fingerprint density at radius 3 is 2.47 bits per heavy atom. The van der Waals surface area contributed by atoms with Crippen molar-refractivity contribution in [3.05, 3.63) is 0 Å². The number of piperidine rings is 2. The highest BCUT2D eigenvalue weighted by atomic mass is 16.5. The van der Waals surface area contributed by atoms with Crippen molar-refractivity contribution >= 4 is 0 Å². The van der Waals surface area contributed by atoms with Gasteiger partial charge in [-0.1, -0.05) is 26.7 Å². The lowest BCUT2D eigenvalue weighted by Crippen LogP contribution is -2.56. The largest absolute Gasteiger partial charge is 0.380 e. The van der Waals surface area contributed by atoms with E-state index in [0.29, 0.717) is 0 Å². The summed E-state index contributed by atoms with van der Waals surface area (Å²) in [4.78, 5) is 2.75. The standard InChI is InChI=1S/C16H32N2O/c1-3-5-10-19-11-9-18-15-7-6-8-16(18)13-14(12-15)17-4-2/h14-17H,3-13H2,1-2H3. The Hall–Kier alpha value is -0.120. The molecule has 0 aromatic carbocycles. The average Bonchev–Trinajstić information content (AvgIpc) is 2.39. The molecule has 2 saturated heterocycles. The van der Waals surface area contributed by atoms with Gasteiger partial charge in [0, 0.05) is 31.3 Å². The summed E-state index contributed by atoms with van der Waals surface area (Å²) in [6, 6.07) is 2.38. The summed E-state index contributed by atoms with van der Waals surface area (Å²) < 4.78 is 5.76. The zero-order valence-electron chi connectivity index (χ0n) is 12.9. The highest BCUT2D eigenvalue weighted by molar-refractivity contribution is 4.94. The summed E-state index contributed by atoms with van der Waals surface area (Å²) in [7, 11) is 0. The second-order valence-corrected chi connectivity index (χ2v) is 6.17. The summed E-state index contributed by atoms with van der Waals surface area (Å²) in [5.74, 6) is 0. The molecule has 2 bridgehead atoms. The summed E-state index contributed by atoms with van der Waals surface area (Å²) in [6.07, 6.45) is 9.36. The third kappa shape index (κ3) is 4.44. The number of unbranched alkanes of at least 4 members (excludes halogenated alkanes) is 1. The van der Waals surface area contributed by atoms with E-state index in [4.69, 9.17) is 4.74 Å². The molecule has 0 spiro atoms. The molecule has 19 heavy (non-hydrogen) atoms. The molecule has 0 aromatic heterocycles. The van der Waals surface area contributed by atoms with Crippen molar-refractivity contribution in [3.8, 4) is 0 Å². The quantitative estimate of drug-likeness (QED) is 0.685. The van der Waals surface area contributed by atoms with Crippen molar-refractivity contribution < 1.29 is 4.74 Å². The van der Waals surface area contributed by atoms with Crippen LogP contribution in [0.2, 0.25) is 0 Å². The van der Waals surface area contributed by atoms with Crippen LogP contribution >= 0.6 is 0 Å². The SMILES string of the molecule is CCCCOCCN1C2CCCC1CC(NCC)C2. The van der Waals surface area contributed by atoms with E-state index in [1.54, 1.807) is 0 Å². The molecule has 1 N–H and O–H groups in total. The summed E-state index contributed by atoms with van der Waals surface area (Å²) >= 11 is 0. The highest BCUT2D eigenvalue weighted by Crippen LogP contribution is 2.33. The van der Waals surface area contributed by atoms with Crippen molar-refractivity contribution in [2.75, 3.05) is 26.3 Å². The molecule has 0 aliphatic carbocycles. The van der Waals surface area contributed by atoms with Gasteiger partial charge in [-0.2, -0.15) is 0 Å². The van der Waals surface area contributed by atoms with Crippen LogP contribution in [0.15, 0.2) is 0 Å². The number of fused-ring (bicyclic) bond motifs is 2. The molecule has 2 atom stereocenters. The maximum atomic E-state index is 5.76. The number of hydrogen-bond acceptors (Lipinski definition) is 3. The van der Waals surface area contributed by atoms with Crippen molar-refractivity contribution in [2.45, 2.75) is 76.9 Å². The normalized spacial score (nSPS) is 31.6. The van der Waals surface area contributed by atoms with Crippen LogP contribution < -0.4 is 5.32 Å². The first kappa shape index (κ1) is 15.3. The Labute approximate surface area is 119 Å². The highest BCUT2D eigenvalue weighted by Gasteiger charge is 2.37. The zero-order valence-corrected chi connectivity index (χ0v) is 12.9. The first-order valence-electron chi connectivity index (χ1n) is 8.42. The monoisotopic (exact) mass is 268 g/mol. The van der Waals surface area contributed by atoms with Crippen LogP contribution in [0.4, 0.5) is 0 Å². The lowest BCUT2D eigenvalue weighted by molar-refractivity contribution is -0.000596. The third-order valence-electron chi connectivity index (χ3n) is 4.75. The molecule has 3 heteroatoms. The molecule has 0 aromatic rings. The van der Waals surface area contributed by atoms with Crippen LogP contribution in [-0.2, 0) is 4.74 Å². The molecule has 3 nitrogen and oxygen atoms in total. The fourth-order valence-electron chi connectivity index (χ4n) is 3.82. The molecule has 2 aliphatic heterocycles.